The van der Waals surface area contributed by atoms with E-state index in [1.165, 1.54) is 27.6 Å². The van der Waals surface area contributed by atoms with E-state index in [2.05, 4.69) is 71.5 Å². The largest absolute Gasteiger partial charge is 0.354 e. The molecule has 3 rings (SSSR count). The number of hydrogen-bond donors (Lipinski definition) is 1. The van der Waals surface area contributed by atoms with Crippen LogP contribution in [0, 0.1) is 6.92 Å². The molecule has 3 aromatic rings. The molecule has 1 aromatic heterocycles. The van der Waals surface area contributed by atoms with Gasteiger partial charge < -0.3 is 9.88 Å². The van der Waals surface area contributed by atoms with Gasteiger partial charge in [0, 0.05) is 36.1 Å². The van der Waals surface area contributed by atoms with E-state index in [0.717, 1.165) is 19.4 Å². The number of benzene rings is 2. The second-order valence-electron chi connectivity index (χ2n) is 7.36. The Kier molecular flexibility index (Phi) is 5.77. The van der Waals surface area contributed by atoms with Crippen LogP contribution >= 0.6 is 0 Å². The predicted octanol–water partition coefficient (Wildman–Crippen LogP) is 4.85. The highest BCUT2D eigenvalue weighted by atomic mass is 16.1. The molecule has 0 unspecified atom stereocenters. The maximum Gasteiger partial charge on any atom is 0.220 e. The quantitative estimate of drug-likeness (QED) is 0.651. The summed E-state index contributed by atoms with van der Waals surface area (Å²) in [6, 6.07) is 17.5. The predicted molar refractivity (Wildman–Crippen MR) is 108 cm³/mol. The number of nitrogens with one attached hydrogen (secondary N) is 1. The number of carbonyl (C=O) groups excluding carboxylic acids is 1. The first-order valence-electron chi connectivity index (χ1n) is 9.44. The lowest BCUT2D eigenvalue weighted by atomic mass is 10.1. The van der Waals surface area contributed by atoms with Gasteiger partial charge in [-0.15, -0.1) is 0 Å². The topological polar surface area (TPSA) is 34.0 Å². The van der Waals surface area contributed by atoms with Gasteiger partial charge >= 0.3 is 0 Å². The van der Waals surface area contributed by atoms with Crippen molar-refractivity contribution >= 4 is 16.8 Å². The van der Waals surface area contributed by atoms with Gasteiger partial charge in [0.2, 0.25) is 5.91 Å². The molecule has 1 heterocycles. The molecule has 0 aliphatic heterocycles. The van der Waals surface area contributed by atoms with Crippen molar-refractivity contribution in [3.63, 3.8) is 0 Å². The van der Waals surface area contributed by atoms with Crippen molar-refractivity contribution in [3.8, 4) is 0 Å². The van der Waals surface area contributed by atoms with Crippen molar-refractivity contribution < 1.29 is 4.79 Å². The van der Waals surface area contributed by atoms with E-state index in [9.17, 15) is 4.79 Å². The number of aromatic nitrogens is 1. The smallest absolute Gasteiger partial charge is 0.220 e. The van der Waals surface area contributed by atoms with E-state index < -0.39 is 0 Å². The van der Waals surface area contributed by atoms with E-state index in [-0.39, 0.29) is 11.9 Å². The average Bonchev–Trinajstić information content (AvgIpc) is 2.94. The Morgan fingerprint density at radius 1 is 1.08 bits per heavy atom. The lowest BCUT2D eigenvalue weighted by Crippen LogP contribution is -2.29. The van der Waals surface area contributed by atoms with Crippen LogP contribution in [-0.2, 0) is 17.8 Å². The van der Waals surface area contributed by atoms with Crippen LogP contribution in [0.25, 0.3) is 10.9 Å². The highest BCUT2D eigenvalue weighted by molar-refractivity contribution is 5.84. The minimum Gasteiger partial charge on any atom is -0.354 e. The van der Waals surface area contributed by atoms with Gasteiger partial charge in [0.05, 0.1) is 0 Å². The Morgan fingerprint density at radius 3 is 2.54 bits per heavy atom. The molecule has 0 saturated carbocycles. The molecular weight excluding hydrogens is 320 g/mol. The standard InChI is InChI=1S/C23H28N2O/c1-17(2)24-23(26)10-6-7-20-16-25(22-9-5-4-8-21(20)22)15-19-13-11-18(3)12-14-19/h4-5,8-9,11-14,16-17H,6-7,10,15H2,1-3H3,(H,24,26). The lowest BCUT2D eigenvalue weighted by molar-refractivity contribution is -0.121. The lowest BCUT2D eigenvalue weighted by Gasteiger charge is -2.07. The maximum atomic E-state index is 11.9. The van der Waals surface area contributed by atoms with Crippen LogP contribution in [0.2, 0.25) is 0 Å². The van der Waals surface area contributed by atoms with Crippen molar-refractivity contribution in [1.29, 1.82) is 0 Å². The highest BCUT2D eigenvalue weighted by Gasteiger charge is 2.10. The molecule has 136 valence electrons. The van der Waals surface area contributed by atoms with Gasteiger partial charge in [0.15, 0.2) is 0 Å². The molecule has 0 fully saturated rings. The van der Waals surface area contributed by atoms with Crippen molar-refractivity contribution in [2.45, 2.75) is 52.6 Å². The average molecular weight is 348 g/mol. The van der Waals surface area contributed by atoms with Crippen LogP contribution in [0.1, 0.15) is 43.4 Å². The van der Waals surface area contributed by atoms with E-state index >= 15 is 0 Å². The number of nitrogens with zero attached hydrogens (tertiary/aromatic N) is 1. The number of hydrogen-bond acceptors (Lipinski definition) is 1. The van der Waals surface area contributed by atoms with Crippen molar-refractivity contribution in [2.24, 2.45) is 0 Å². The molecule has 1 amide bonds. The Labute approximate surface area is 156 Å². The second-order valence-corrected chi connectivity index (χ2v) is 7.36. The maximum absolute atomic E-state index is 11.9. The number of aryl methyl sites for hydroxylation is 2. The van der Waals surface area contributed by atoms with Gasteiger partial charge in [-0.05, 0) is 50.8 Å². The molecule has 0 radical (unpaired) electrons. The first kappa shape index (κ1) is 18.2. The monoisotopic (exact) mass is 348 g/mol. The van der Waals surface area contributed by atoms with Crippen LogP contribution in [0.4, 0.5) is 0 Å². The summed E-state index contributed by atoms with van der Waals surface area (Å²) in [5.41, 5.74) is 5.17. The summed E-state index contributed by atoms with van der Waals surface area (Å²) in [4.78, 5) is 11.9. The van der Waals surface area contributed by atoms with Crippen LogP contribution in [0.5, 0.6) is 0 Å². The molecule has 3 nitrogen and oxygen atoms in total. The highest BCUT2D eigenvalue weighted by Crippen LogP contribution is 2.24. The summed E-state index contributed by atoms with van der Waals surface area (Å²) in [7, 11) is 0. The molecule has 2 aromatic carbocycles. The third-order valence-electron chi connectivity index (χ3n) is 4.64. The Hall–Kier alpha value is -2.55. The first-order chi connectivity index (χ1) is 12.5. The molecule has 0 bridgehead atoms. The second kappa shape index (κ2) is 8.22. The summed E-state index contributed by atoms with van der Waals surface area (Å²) in [6.45, 7) is 6.98. The molecule has 1 N–H and O–H groups in total. The number of carbonyl (C=O) groups is 1. The molecule has 0 saturated heterocycles. The zero-order valence-corrected chi connectivity index (χ0v) is 16.0. The molecule has 0 aliphatic carbocycles. The van der Waals surface area contributed by atoms with Crippen LogP contribution < -0.4 is 5.32 Å². The summed E-state index contributed by atoms with van der Waals surface area (Å²) in [5.74, 6) is 0.142. The normalized spacial score (nSPS) is 11.2. The Bertz CT molecular complexity index is 875. The zero-order valence-electron chi connectivity index (χ0n) is 16.0. The minimum absolute atomic E-state index is 0.142. The third-order valence-corrected chi connectivity index (χ3v) is 4.64. The zero-order chi connectivity index (χ0) is 18.5. The Morgan fingerprint density at radius 2 is 1.81 bits per heavy atom. The Balaban J connectivity index is 1.74. The van der Waals surface area contributed by atoms with Gasteiger partial charge in [-0.25, -0.2) is 0 Å². The molecular formula is C23H28N2O. The fraction of sp³-hybridized carbons (Fsp3) is 0.348. The minimum atomic E-state index is 0.142. The number of para-hydroxylation sites is 1. The van der Waals surface area contributed by atoms with Crippen molar-refractivity contribution in [1.82, 2.24) is 9.88 Å². The van der Waals surface area contributed by atoms with E-state index in [4.69, 9.17) is 0 Å². The van der Waals surface area contributed by atoms with Crippen molar-refractivity contribution in [2.75, 3.05) is 0 Å². The fourth-order valence-corrected chi connectivity index (χ4v) is 3.38. The van der Waals surface area contributed by atoms with Crippen LogP contribution in [0.3, 0.4) is 0 Å². The first-order valence-corrected chi connectivity index (χ1v) is 9.44. The van der Waals surface area contributed by atoms with Crippen LogP contribution in [-0.4, -0.2) is 16.5 Å². The molecule has 26 heavy (non-hydrogen) atoms. The van der Waals surface area contributed by atoms with E-state index in [1.54, 1.807) is 0 Å². The summed E-state index contributed by atoms with van der Waals surface area (Å²) in [5, 5.41) is 4.26. The van der Waals surface area contributed by atoms with Gasteiger partial charge in [0.25, 0.3) is 0 Å². The van der Waals surface area contributed by atoms with Crippen molar-refractivity contribution in [3.05, 3.63) is 71.4 Å². The van der Waals surface area contributed by atoms with Gasteiger partial charge in [-0.2, -0.15) is 0 Å². The van der Waals surface area contributed by atoms with E-state index in [1.807, 2.05) is 13.8 Å². The van der Waals surface area contributed by atoms with Gasteiger partial charge in [-0.3, -0.25) is 4.79 Å². The number of fused-ring (bicyclic) bond motifs is 1. The molecule has 3 heteroatoms. The van der Waals surface area contributed by atoms with Gasteiger partial charge in [0.1, 0.15) is 0 Å². The molecule has 0 atom stereocenters. The SMILES string of the molecule is Cc1ccc(Cn2cc(CCCC(=O)NC(C)C)c3ccccc32)cc1. The molecule has 0 spiro atoms. The van der Waals surface area contributed by atoms with Gasteiger partial charge in [-0.1, -0.05) is 48.0 Å². The number of amides is 1. The third kappa shape index (κ3) is 4.54. The van der Waals surface area contributed by atoms with Crippen LogP contribution in [0.15, 0.2) is 54.7 Å². The molecule has 0 aliphatic rings. The van der Waals surface area contributed by atoms with E-state index in [0.29, 0.717) is 6.42 Å². The summed E-state index contributed by atoms with van der Waals surface area (Å²) < 4.78 is 2.32. The summed E-state index contributed by atoms with van der Waals surface area (Å²) in [6.07, 6.45) is 4.63. The number of rotatable bonds is 7. The fourth-order valence-electron chi connectivity index (χ4n) is 3.38. The summed E-state index contributed by atoms with van der Waals surface area (Å²) >= 11 is 0.